The van der Waals surface area contributed by atoms with E-state index < -0.39 is 10.0 Å². The third-order valence-electron chi connectivity index (χ3n) is 5.11. The van der Waals surface area contributed by atoms with Crippen LogP contribution in [-0.4, -0.2) is 38.6 Å². The minimum atomic E-state index is -3.58. The zero-order chi connectivity index (χ0) is 19.6. The Morgan fingerprint density at radius 3 is 2.48 bits per heavy atom. The van der Waals surface area contributed by atoms with Gasteiger partial charge in [-0.05, 0) is 42.0 Å². The second-order valence-corrected chi connectivity index (χ2v) is 8.95. The monoisotopic (exact) mass is 386 g/mol. The van der Waals surface area contributed by atoms with Crippen LogP contribution in [0.3, 0.4) is 0 Å². The molecule has 0 fully saturated rings. The molecule has 0 spiro atoms. The van der Waals surface area contributed by atoms with E-state index in [1.165, 1.54) is 9.87 Å². The van der Waals surface area contributed by atoms with Gasteiger partial charge in [0.15, 0.2) is 0 Å². The quantitative estimate of drug-likeness (QED) is 0.794. The average Bonchev–Trinajstić information content (AvgIpc) is 2.64. The number of rotatable bonds is 5. The summed E-state index contributed by atoms with van der Waals surface area (Å²) in [5.41, 5.74) is 4.81. The first-order chi connectivity index (χ1) is 12.8. The van der Waals surface area contributed by atoms with Crippen molar-refractivity contribution in [3.05, 3.63) is 64.7 Å². The summed E-state index contributed by atoms with van der Waals surface area (Å²) in [4.78, 5) is 14.7. The molecule has 0 saturated carbocycles. The summed E-state index contributed by atoms with van der Waals surface area (Å²) in [6.07, 6.45) is 2.66. The van der Waals surface area contributed by atoms with Gasteiger partial charge >= 0.3 is 0 Å². The van der Waals surface area contributed by atoms with E-state index in [1.807, 2.05) is 50.2 Å². The van der Waals surface area contributed by atoms with E-state index in [-0.39, 0.29) is 12.5 Å². The van der Waals surface area contributed by atoms with Crippen LogP contribution in [0.1, 0.15) is 29.2 Å². The van der Waals surface area contributed by atoms with E-state index in [1.54, 1.807) is 4.90 Å². The molecule has 1 heterocycles. The number of benzene rings is 2. The summed E-state index contributed by atoms with van der Waals surface area (Å²) < 4.78 is 26.3. The van der Waals surface area contributed by atoms with Crippen molar-refractivity contribution in [3.8, 4) is 0 Å². The zero-order valence-corrected chi connectivity index (χ0v) is 16.9. The molecule has 1 amide bonds. The van der Waals surface area contributed by atoms with Gasteiger partial charge in [0.05, 0.1) is 11.9 Å². The molecule has 2 aromatic carbocycles. The van der Waals surface area contributed by atoms with Gasteiger partial charge in [0.2, 0.25) is 15.9 Å². The lowest BCUT2D eigenvalue weighted by molar-refractivity contribution is -0.130. The molecule has 0 bridgehead atoms. The number of para-hydroxylation sites is 1. The molecule has 6 heteroatoms. The molecule has 2 aromatic rings. The lowest BCUT2D eigenvalue weighted by Crippen LogP contribution is -2.45. The molecule has 144 valence electrons. The normalized spacial score (nSPS) is 14.0. The van der Waals surface area contributed by atoms with Crippen LogP contribution in [0, 0.1) is 6.92 Å². The van der Waals surface area contributed by atoms with Crippen LogP contribution in [-0.2, 0) is 34.2 Å². The minimum absolute atomic E-state index is 0.166. The fourth-order valence-electron chi connectivity index (χ4n) is 3.66. The second-order valence-electron chi connectivity index (χ2n) is 7.04. The van der Waals surface area contributed by atoms with Gasteiger partial charge in [-0.3, -0.25) is 9.10 Å². The van der Waals surface area contributed by atoms with E-state index in [0.29, 0.717) is 25.2 Å². The minimum Gasteiger partial charge on any atom is -0.336 e. The van der Waals surface area contributed by atoms with Crippen molar-refractivity contribution in [2.75, 3.05) is 23.7 Å². The highest BCUT2D eigenvalue weighted by Gasteiger charge is 2.28. The van der Waals surface area contributed by atoms with E-state index in [9.17, 15) is 13.2 Å². The SMILES string of the molecule is CCc1cccc(C)c1N(CC(=O)N1CCc2ccccc2C1)S(C)(=O)=O. The van der Waals surface area contributed by atoms with Crippen molar-refractivity contribution < 1.29 is 13.2 Å². The largest absolute Gasteiger partial charge is 0.336 e. The molecule has 1 aliphatic heterocycles. The lowest BCUT2D eigenvalue weighted by atomic mass is 10.00. The Morgan fingerprint density at radius 2 is 1.81 bits per heavy atom. The number of aryl methyl sites for hydroxylation is 2. The van der Waals surface area contributed by atoms with Crippen LogP contribution in [0.15, 0.2) is 42.5 Å². The summed E-state index contributed by atoms with van der Waals surface area (Å²) in [7, 11) is -3.58. The first kappa shape index (κ1) is 19.4. The summed E-state index contributed by atoms with van der Waals surface area (Å²) in [5, 5.41) is 0. The van der Waals surface area contributed by atoms with Crippen LogP contribution in [0.2, 0.25) is 0 Å². The van der Waals surface area contributed by atoms with Crippen molar-refractivity contribution in [2.45, 2.75) is 33.2 Å². The van der Waals surface area contributed by atoms with E-state index in [0.717, 1.165) is 29.4 Å². The summed E-state index contributed by atoms with van der Waals surface area (Å²) >= 11 is 0. The number of amides is 1. The van der Waals surface area contributed by atoms with Gasteiger partial charge < -0.3 is 4.90 Å². The third-order valence-corrected chi connectivity index (χ3v) is 6.23. The van der Waals surface area contributed by atoms with E-state index in [4.69, 9.17) is 0 Å². The van der Waals surface area contributed by atoms with E-state index >= 15 is 0 Å². The highest BCUT2D eigenvalue weighted by Crippen LogP contribution is 2.28. The van der Waals surface area contributed by atoms with E-state index in [2.05, 4.69) is 6.07 Å². The molecule has 0 saturated heterocycles. The van der Waals surface area contributed by atoms with Crippen LogP contribution in [0.4, 0.5) is 5.69 Å². The molecule has 0 radical (unpaired) electrons. The molecular weight excluding hydrogens is 360 g/mol. The third kappa shape index (κ3) is 4.16. The maximum absolute atomic E-state index is 13.0. The molecule has 1 aliphatic rings. The van der Waals surface area contributed by atoms with Crippen LogP contribution in [0.25, 0.3) is 0 Å². The first-order valence-corrected chi connectivity index (χ1v) is 11.1. The van der Waals surface area contributed by atoms with Crippen LogP contribution >= 0.6 is 0 Å². The maximum atomic E-state index is 13.0. The number of nitrogens with zero attached hydrogens (tertiary/aromatic N) is 2. The Hall–Kier alpha value is -2.34. The second kappa shape index (κ2) is 7.72. The topological polar surface area (TPSA) is 57.7 Å². The number of fused-ring (bicyclic) bond motifs is 1. The number of sulfonamides is 1. The average molecular weight is 387 g/mol. The first-order valence-electron chi connectivity index (χ1n) is 9.22. The summed E-state index contributed by atoms with van der Waals surface area (Å²) in [6, 6.07) is 13.8. The van der Waals surface area contributed by atoms with Crippen molar-refractivity contribution >= 4 is 21.6 Å². The van der Waals surface area contributed by atoms with Crippen molar-refractivity contribution in [1.29, 1.82) is 0 Å². The smallest absolute Gasteiger partial charge is 0.243 e. The van der Waals surface area contributed by atoms with Crippen LogP contribution in [0.5, 0.6) is 0 Å². The van der Waals surface area contributed by atoms with Crippen molar-refractivity contribution in [3.63, 3.8) is 0 Å². The highest BCUT2D eigenvalue weighted by atomic mass is 32.2. The summed E-state index contributed by atoms with van der Waals surface area (Å²) in [6.45, 7) is 4.85. The Labute approximate surface area is 161 Å². The molecular formula is C21H26N2O3S. The predicted molar refractivity (Wildman–Crippen MR) is 108 cm³/mol. The standard InChI is InChI=1S/C21H26N2O3S/c1-4-17-11-7-8-16(2)21(17)23(27(3,25)26)15-20(24)22-13-12-18-9-5-6-10-19(18)14-22/h5-11H,4,12-15H2,1-3H3. The molecule has 0 N–H and O–H groups in total. The Balaban J connectivity index is 1.88. The van der Waals surface area contributed by atoms with Gasteiger partial charge in [-0.25, -0.2) is 8.42 Å². The molecule has 0 aliphatic carbocycles. The van der Waals surface area contributed by atoms with Gasteiger partial charge in [-0.2, -0.15) is 0 Å². The Morgan fingerprint density at radius 1 is 1.11 bits per heavy atom. The lowest BCUT2D eigenvalue weighted by Gasteiger charge is -2.32. The van der Waals surface area contributed by atoms with Gasteiger partial charge in [0.25, 0.3) is 0 Å². The van der Waals surface area contributed by atoms with Crippen molar-refractivity contribution in [1.82, 2.24) is 4.90 Å². The van der Waals surface area contributed by atoms with Gasteiger partial charge in [-0.15, -0.1) is 0 Å². The molecule has 3 rings (SSSR count). The molecule has 0 aromatic heterocycles. The van der Waals surface area contributed by atoms with Crippen molar-refractivity contribution in [2.24, 2.45) is 0 Å². The molecule has 27 heavy (non-hydrogen) atoms. The fraction of sp³-hybridized carbons (Fsp3) is 0.381. The predicted octanol–water partition coefficient (Wildman–Crippen LogP) is 2.91. The molecule has 0 atom stereocenters. The number of hydrogen-bond donors (Lipinski definition) is 0. The fourth-order valence-corrected chi connectivity index (χ4v) is 4.59. The maximum Gasteiger partial charge on any atom is 0.243 e. The molecule has 0 unspecified atom stereocenters. The Kier molecular flexibility index (Phi) is 5.56. The van der Waals surface area contributed by atoms with Gasteiger partial charge in [0.1, 0.15) is 6.54 Å². The van der Waals surface area contributed by atoms with Gasteiger partial charge in [0, 0.05) is 13.1 Å². The number of carbonyl (C=O) groups excluding carboxylic acids is 1. The number of hydrogen-bond acceptors (Lipinski definition) is 3. The van der Waals surface area contributed by atoms with Crippen LogP contribution < -0.4 is 4.31 Å². The Bertz CT molecular complexity index is 954. The number of anilines is 1. The summed E-state index contributed by atoms with van der Waals surface area (Å²) in [5.74, 6) is -0.166. The zero-order valence-electron chi connectivity index (χ0n) is 16.1. The highest BCUT2D eigenvalue weighted by molar-refractivity contribution is 7.92. The van der Waals surface area contributed by atoms with Gasteiger partial charge in [-0.1, -0.05) is 49.4 Å². The molecule has 5 nitrogen and oxygen atoms in total. The number of carbonyl (C=O) groups is 1.